The van der Waals surface area contributed by atoms with E-state index in [-0.39, 0.29) is 5.91 Å². The number of carbonyl (C=O) groups excluding carboxylic acids is 1. The fraction of sp³-hybridized carbons (Fsp3) is 0.364. The minimum atomic E-state index is -1.61. The molecular weight excluding hydrogens is 190 g/mol. The van der Waals surface area contributed by atoms with Crippen LogP contribution < -0.4 is 4.57 Å². The smallest absolute Gasteiger partial charge is 0.215 e. The van der Waals surface area contributed by atoms with E-state index in [0.717, 1.165) is 5.69 Å². The molecule has 2 nitrogen and oxygen atoms in total. The Labute approximate surface area is 86.6 Å². The van der Waals surface area contributed by atoms with Crippen molar-refractivity contribution in [3.63, 3.8) is 0 Å². The lowest BCUT2D eigenvalue weighted by Gasteiger charge is -2.33. The Bertz CT molecular complexity index is 316. The molecule has 0 unspecified atom stereocenters. The van der Waals surface area contributed by atoms with Gasteiger partial charge in [-0.3, -0.25) is 4.79 Å². The average molecular weight is 207 g/mol. The van der Waals surface area contributed by atoms with Crippen molar-refractivity contribution in [1.82, 2.24) is 0 Å². The van der Waals surface area contributed by atoms with Crippen molar-refractivity contribution in [2.24, 2.45) is 0 Å². The van der Waals surface area contributed by atoms with E-state index in [9.17, 15) is 4.79 Å². The predicted molar refractivity (Wildman–Crippen MR) is 62.9 cm³/mol. The number of anilines is 1. The van der Waals surface area contributed by atoms with Crippen LogP contribution in [0.2, 0.25) is 19.6 Å². The predicted octanol–water partition coefficient (Wildman–Crippen LogP) is 2.87. The fourth-order valence-corrected chi connectivity index (χ4v) is 3.49. The molecule has 76 valence electrons. The van der Waals surface area contributed by atoms with Crippen molar-refractivity contribution in [2.45, 2.75) is 26.6 Å². The number of benzene rings is 1. The van der Waals surface area contributed by atoms with Gasteiger partial charge in [0.15, 0.2) is 8.24 Å². The monoisotopic (exact) mass is 207 g/mol. The normalized spacial score (nSPS) is 11.1. The Morgan fingerprint density at radius 1 is 1.14 bits per heavy atom. The standard InChI is InChI=1S/C11H17NOSi/c1-10(13)12(14(2,3)4)11-8-6-5-7-9-11/h5-9H,1-4H3. The second kappa shape index (κ2) is 3.96. The molecule has 1 aromatic carbocycles. The summed E-state index contributed by atoms with van der Waals surface area (Å²) in [5.41, 5.74) is 1.01. The molecule has 0 atom stereocenters. The maximum absolute atomic E-state index is 11.6. The molecule has 1 rings (SSSR count). The quantitative estimate of drug-likeness (QED) is 0.683. The summed E-state index contributed by atoms with van der Waals surface area (Å²) in [6, 6.07) is 9.86. The SMILES string of the molecule is CC(=O)N(c1ccccc1)[Si](C)(C)C. The van der Waals surface area contributed by atoms with Crippen LogP contribution in [0.25, 0.3) is 0 Å². The molecule has 0 aliphatic heterocycles. The second-order valence-corrected chi connectivity index (χ2v) is 9.15. The summed E-state index contributed by atoms with van der Waals surface area (Å²) in [6.07, 6.45) is 0. The van der Waals surface area contributed by atoms with Gasteiger partial charge in [0.25, 0.3) is 0 Å². The Morgan fingerprint density at radius 2 is 1.64 bits per heavy atom. The van der Waals surface area contributed by atoms with Gasteiger partial charge >= 0.3 is 0 Å². The number of nitrogens with zero attached hydrogens (tertiary/aromatic N) is 1. The van der Waals surface area contributed by atoms with Gasteiger partial charge in [0.05, 0.1) is 0 Å². The lowest BCUT2D eigenvalue weighted by Crippen LogP contribution is -2.49. The molecule has 0 saturated carbocycles. The van der Waals surface area contributed by atoms with Crippen molar-refractivity contribution >= 4 is 19.8 Å². The number of carbonyl (C=O) groups is 1. The zero-order valence-electron chi connectivity index (χ0n) is 9.24. The number of para-hydroxylation sites is 1. The van der Waals surface area contributed by atoms with Crippen LogP contribution in [-0.2, 0) is 4.79 Å². The molecule has 14 heavy (non-hydrogen) atoms. The van der Waals surface area contributed by atoms with E-state index in [4.69, 9.17) is 0 Å². The first kappa shape index (κ1) is 11.0. The Balaban J connectivity index is 3.08. The topological polar surface area (TPSA) is 20.3 Å². The third-order valence-electron chi connectivity index (χ3n) is 2.00. The van der Waals surface area contributed by atoms with E-state index in [1.807, 2.05) is 34.9 Å². The van der Waals surface area contributed by atoms with Gasteiger partial charge in [-0.1, -0.05) is 37.8 Å². The van der Waals surface area contributed by atoms with E-state index >= 15 is 0 Å². The Kier molecular flexibility index (Phi) is 3.11. The van der Waals surface area contributed by atoms with Gasteiger partial charge in [-0.05, 0) is 12.1 Å². The van der Waals surface area contributed by atoms with Crippen molar-refractivity contribution in [2.75, 3.05) is 4.57 Å². The third-order valence-corrected chi connectivity index (χ3v) is 3.91. The molecule has 0 aromatic heterocycles. The molecule has 0 bridgehead atoms. The Morgan fingerprint density at radius 3 is 2.00 bits per heavy atom. The molecule has 0 saturated heterocycles. The first-order valence-electron chi connectivity index (χ1n) is 4.79. The summed E-state index contributed by atoms with van der Waals surface area (Å²) < 4.78 is 1.94. The summed E-state index contributed by atoms with van der Waals surface area (Å²) in [4.78, 5) is 11.6. The molecule has 3 heteroatoms. The van der Waals surface area contributed by atoms with E-state index in [1.165, 1.54) is 0 Å². The molecule has 0 N–H and O–H groups in total. The van der Waals surface area contributed by atoms with Gasteiger partial charge in [0.1, 0.15) is 0 Å². The summed E-state index contributed by atoms with van der Waals surface area (Å²) in [7, 11) is -1.61. The van der Waals surface area contributed by atoms with Crippen LogP contribution in [0.1, 0.15) is 6.92 Å². The van der Waals surface area contributed by atoms with Crippen molar-refractivity contribution in [3.8, 4) is 0 Å². The van der Waals surface area contributed by atoms with E-state index in [0.29, 0.717) is 0 Å². The molecule has 0 heterocycles. The van der Waals surface area contributed by atoms with E-state index < -0.39 is 8.24 Å². The highest BCUT2D eigenvalue weighted by Crippen LogP contribution is 2.20. The molecule has 1 aromatic rings. The first-order chi connectivity index (χ1) is 6.43. The number of hydrogen-bond acceptors (Lipinski definition) is 1. The molecule has 0 aliphatic rings. The van der Waals surface area contributed by atoms with Crippen LogP contribution in [0, 0.1) is 0 Å². The van der Waals surface area contributed by atoms with Crippen molar-refractivity contribution in [1.29, 1.82) is 0 Å². The van der Waals surface area contributed by atoms with Crippen molar-refractivity contribution < 1.29 is 4.79 Å². The van der Waals surface area contributed by atoms with Crippen LogP contribution in [0.15, 0.2) is 30.3 Å². The highest BCUT2D eigenvalue weighted by atomic mass is 28.3. The molecule has 0 spiro atoms. The summed E-state index contributed by atoms with van der Waals surface area (Å²) in [5, 5.41) is 0. The van der Waals surface area contributed by atoms with Crippen LogP contribution >= 0.6 is 0 Å². The van der Waals surface area contributed by atoms with Gasteiger partial charge in [0, 0.05) is 12.6 Å². The van der Waals surface area contributed by atoms with Crippen LogP contribution in [-0.4, -0.2) is 14.1 Å². The van der Waals surface area contributed by atoms with Gasteiger partial charge in [0.2, 0.25) is 5.91 Å². The zero-order chi connectivity index (χ0) is 10.8. The zero-order valence-corrected chi connectivity index (χ0v) is 10.2. The molecule has 0 fully saturated rings. The second-order valence-electron chi connectivity index (χ2n) is 4.36. The molecule has 1 amide bonds. The largest absolute Gasteiger partial charge is 0.341 e. The number of hydrogen-bond donors (Lipinski definition) is 0. The maximum atomic E-state index is 11.6. The first-order valence-corrected chi connectivity index (χ1v) is 8.23. The lowest BCUT2D eigenvalue weighted by atomic mass is 10.3. The summed E-state index contributed by atoms with van der Waals surface area (Å²) in [6.45, 7) is 8.13. The van der Waals surface area contributed by atoms with Crippen LogP contribution in [0.4, 0.5) is 5.69 Å². The van der Waals surface area contributed by atoms with Crippen molar-refractivity contribution in [3.05, 3.63) is 30.3 Å². The van der Waals surface area contributed by atoms with Gasteiger partial charge in [-0.2, -0.15) is 0 Å². The minimum absolute atomic E-state index is 0.135. The average Bonchev–Trinajstić information content (AvgIpc) is 2.02. The minimum Gasteiger partial charge on any atom is -0.341 e. The van der Waals surface area contributed by atoms with Crippen LogP contribution in [0.5, 0.6) is 0 Å². The highest BCUT2D eigenvalue weighted by Gasteiger charge is 2.27. The van der Waals surface area contributed by atoms with Gasteiger partial charge < -0.3 is 4.57 Å². The van der Waals surface area contributed by atoms with E-state index in [2.05, 4.69) is 19.6 Å². The highest BCUT2D eigenvalue weighted by molar-refractivity contribution is 6.83. The Hall–Kier alpha value is -1.09. The van der Waals surface area contributed by atoms with Gasteiger partial charge in [-0.15, -0.1) is 0 Å². The van der Waals surface area contributed by atoms with Crippen LogP contribution in [0.3, 0.4) is 0 Å². The lowest BCUT2D eigenvalue weighted by molar-refractivity contribution is -0.115. The number of amides is 1. The fourth-order valence-electron chi connectivity index (χ4n) is 1.62. The third kappa shape index (κ3) is 2.45. The molecule has 0 radical (unpaired) electrons. The molecular formula is C11H17NOSi. The number of rotatable bonds is 2. The summed E-state index contributed by atoms with van der Waals surface area (Å²) >= 11 is 0. The van der Waals surface area contributed by atoms with E-state index in [1.54, 1.807) is 6.92 Å². The summed E-state index contributed by atoms with van der Waals surface area (Å²) in [5.74, 6) is 0.135. The molecule has 0 aliphatic carbocycles. The maximum Gasteiger partial charge on any atom is 0.215 e. The van der Waals surface area contributed by atoms with Gasteiger partial charge in [-0.25, -0.2) is 0 Å².